The van der Waals surface area contributed by atoms with E-state index in [1.165, 1.54) is 5.69 Å². The van der Waals surface area contributed by atoms with E-state index in [2.05, 4.69) is 29.3 Å². The van der Waals surface area contributed by atoms with Gasteiger partial charge in [0.25, 0.3) is 0 Å². The number of morpholine rings is 1. The number of carbonyl (C=O) groups is 1. The number of nitrogens with zero attached hydrogens (tertiary/aromatic N) is 1. The first kappa shape index (κ1) is 14.9. The Balaban J connectivity index is 1.92. The summed E-state index contributed by atoms with van der Waals surface area (Å²) < 4.78 is 5.35. The topological polar surface area (TPSA) is 41.6 Å². The van der Waals surface area contributed by atoms with Crippen molar-refractivity contribution in [1.29, 1.82) is 0 Å². The largest absolute Gasteiger partial charge is 0.378 e. The summed E-state index contributed by atoms with van der Waals surface area (Å²) in [4.78, 5) is 14.3. The van der Waals surface area contributed by atoms with E-state index < -0.39 is 0 Å². The molecule has 1 aliphatic rings. The minimum atomic E-state index is 0.0684. The van der Waals surface area contributed by atoms with Crippen molar-refractivity contribution in [1.82, 2.24) is 0 Å². The number of hydrogen-bond donors (Lipinski definition) is 1. The maximum Gasteiger partial charge on any atom is 0.227 e. The number of amides is 1. The molecule has 0 aromatic heterocycles. The molecule has 1 N–H and O–H groups in total. The highest BCUT2D eigenvalue weighted by atomic mass is 16.5. The Bertz CT molecular complexity index is 425. The predicted molar refractivity (Wildman–Crippen MR) is 82.2 cm³/mol. The molecule has 0 aliphatic carbocycles. The van der Waals surface area contributed by atoms with Crippen LogP contribution in [-0.4, -0.2) is 32.2 Å². The van der Waals surface area contributed by atoms with Gasteiger partial charge in [0, 0.05) is 30.4 Å². The van der Waals surface area contributed by atoms with Crippen LogP contribution in [0.15, 0.2) is 24.3 Å². The zero-order valence-corrected chi connectivity index (χ0v) is 12.4. The third-order valence-corrected chi connectivity index (χ3v) is 3.68. The summed E-state index contributed by atoms with van der Waals surface area (Å²) in [5.74, 6) is 0.171. The van der Waals surface area contributed by atoms with Crippen molar-refractivity contribution in [2.45, 2.75) is 26.7 Å². The van der Waals surface area contributed by atoms with Crippen molar-refractivity contribution in [3.63, 3.8) is 0 Å². The van der Waals surface area contributed by atoms with E-state index in [9.17, 15) is 4.79 Å². The third-order valence-electron chi connectivity index (χ3n) is 3.68. The van der Waals surface area contributed by atoms with Gasteiger partial charge in [-0.15, -0.1) is 0 Å². The summed E-state index contributed by atoms with van der Waals surface area (Å²) in [5, 5.41) is 2.97. The van der Waals surface area contributed by atoms with Gasteiger partial charge in [-0.25, -0.2) is 0 Å². The van der Waals surface area contributed by atoms with Gasteiger partial charge >= 0.3 is 0 Å². The average Bonchev–Trinajstić information content (AvgIpc) is 2.49. The fourth-order valence-electron chi connectivity index (χ4n) is 2.41. The average molecular weight is 276 g/mol. The van der Waals surface area contributed by atoms with Crippen molar-refractivity contribution < 1.29 is 9.53 Å². The molecule has 1 amide bonds. The lowest BCUT2D eigenvalue weighted by molar-refractivity contribution is -0.119. The highest BCUT2D eigenvalue weighted by Crippen LogP contribution is 2.19. The van der Waals surface area contributed by atoms with E-state index in [0.717, 1.165) is 44.8 Å². The lowest BCUT2D eigenvalue weighted by Crippen LogP contribution is -2.36. The molecule has 110 valence electrons. The highest BCUT2D eigenvalue weighted by Gasteiger charge is 2.13. The Hall–Kier alpha value is -1.55. The normalized spacial score (nSPS) is 16.8. The van der Waals surface area contributed by atoms with Crippen molar-refractivity contribution >= 4 is 17.3 Å². The van der Waals surface area contributed by atoms with Crippen LogP contribution in [0.3, 0.4) is 0 Å². The summed E-state index contributed by atoms with van der Waals surface area (Å²) in [6.07, 6.45) is 1.96. The monoisotopic (exact) mass is 276 g/mol. The lowest BCUT2D eigenvalue weighted by Gasteiger charge is -2.28. The minimum Gasteiger partial charge on any atom is -0.378 e. The maximum absolute atomic E-state index is 12.0. The van der Waals surface area contributed by atoms with E-state index in [1.54, 1.807) is 0 Å². The summed E-state index contributed by atoms with van der Waals surface area (Å²) in [7, 11) is 0. The van der Waals surface area contributed by atoms with Gasteiger partial charge in [-0.05, 0) is 30.7 Å². The van der Waals surface area contributed by atoms with Gasteiger partial charge in [-0.1, -0.05) is 20.3 Å². The molecule has 1 aliphatic heterocycles. The quantitative estimate of drug-likeness (QED) is 0.899. The van der Waals surface area contributed by atoms with Crippen LogP contribution in [-0.2, 0) is 9.53 Å². The predicted octanol–water partition coefficient (Wildman–Crippen LogP) is 2.90. The Morgan fingerprint density at radius 3 is 2.55 bits per heavy atom. The van der Waals surface area contributed by atoms with E-state index in [1.807, 2.05) is 19.1 Å². The SMILES string of the molecule is CCC[C@@H](C)C(=O)Nc1ccc(N2CCOCC2)cc1. The fourth-order valence-corrected chi connectivity index (χ4v) is 2.41. The molecule has 0 bridgehead atoms. The van der Waals surface area contributed by atoms with Crippen LogP contribution in [0.5, 0.6) is 0 Å². The molecule has 4 nitrogen and oxygen atoms in total. The van der Waals surface area contributed by atoms with Crippen molar-refractivity contribution in [3.8, 4) is 0 Å². The number of nitrogens with one attached hydrogen (secondary N) is 1. The highest BCUT2D eigenvalue weighted by molar-refractivity contribution is 5.92. The van der Waals surface area contributed by atoms with Gasteiger partial charge < -0.3 is 15.0 Å². The molecule has 1 aromatic rings. The number of anilines is 2. The van der Waals surface area contributed by atoms with Gasteiger partial charge in [-0.3, -0.25) is 4.79 Å². The first-order valence-electron chi connectivity index (χ1n) is 7.44. The number of benzene rings is 1. The molecule has 1 heterocycles. The number of rotatable bonds is 5. The van der Waals surface area contributed by atoms with Crippen LogP contribution >= 0.6 is 0 Å². The second-order valence-electron chi connectivity index (χ2n) is 5.33. The van der Waals surface area contributed by atoms with Gasteiger partial charge in [0.05, 0.1) is 13.2 Å². The molecule has 0 radical (unpaired) electrons. The zero-order chi connectivity index (χ0) is 14.4. The Morgan fingerprint density at radius 2 is 1.95 bits per heavy atom. The molecule has 1 atom stereocenters. The molecule has 2 rings (SSSR count). The van der Waals surface area contributed by atoms with E-state index >= 15 is 0 Å². The molecule has 0 saturated carbocycles. The van der Waals surface area contributed by atoms with Gasteiger partial charge in [-0.2, -0.15) is 0 Å². The molecule has 1 fully saturated rings. The molecule has 4 heteroatoms. The Labute approximate surface area is 121 Å². The maximum atomic E-state index is 12.0. The van der Waals surface area contributed by atoms with Crippen molar-refractivity contribution in [2.24, 2.45) is 5.92 Å². The smallest absolute Gasteiger partial charge is 0.227 e. The molecule has 1 saturated heterocycles. The molecule has 0 spiro atoms. The Kier molecular flexibility index (Phi) is 5.41. The first-order valence-corrected chi connectivity index (χ1v) is 7.44. The third kappa shape index (κ3) is 3.97. The summed E-state index contributed by atoms with van der Waals surface area (Å²) in [6.45, 7) is 7.50. The van der Waals surface area contributed by atoms with Crippen molar-refractivity contribution in [2.75, 3.05) is 36.5 Å². The zero-order valence-electron chi connectivity index (χ0n) is 12.4. The summed E-state index contributed by atoms with van der Waals surface area (Å²) in [5.41, 5.74) is 2.06. The molecular weight excluding hydrogens is 252 g/mol. The second kappa shape index (κ2) is 7.29. The molecule has 20 heavy (non-hydrogen) atoms. The molecular formula is C16H24N2O2. The van der Waals surface area contributed by atoms with Crippen LogP contribution in [0.4, 0.5) is 11.4 Å². The first-order chi connectivity index (χ1) is 9.70. The van der Waals surface area contributed by atoms with E-state index in [0.29, 0.717) is 0 Å². The number of carbonyl (C=O) groups excluding carboxylic acids is 1. The summed E-state index contributed by atoms with van der Waals surface area (Å²) >= 11 is 0. The second-order valence-corrected chi connectivity index (χ2v) is 5.33. The summed E-state index contributed by atoms with van der Waals surface area (Å²) in [6, 6.07) is 8.07. The minimum absolute atomic E-state index is 0.0684. The van der Waals surface area contributed by atoms with Crippen LogP contribution in [0.25, 0.3) is 0 Å². The standard InChI is InChI=1S/C16H24N2O2/c1-3-4-13(2)16(19)17-14-5-7-15(8-6-14)18-9-11-20-12-10-18/h5-8,13H,3-4,9-12H2,1-2H3,(H,17,19)/t13-/m1/s1. The van der Waals surface area contributed by atoms with Crippen LogP contribution in [0.1, 0.15) is 26.7 Å². The van der Waals surface area contributed by atoms with Gasteiger partial charge in [0.15, 0.2) is 0 Å². The molecule has 1 aromatic carbocycles. The molecule has 0 unspecified atom stereocenters. The van der Waals surface area contributed by atoms with Crippen molar-refractivity contribution in [3.05, 3.63) is 24.3 Å². The fraction of sp³-hybridized carbons (Fsp3) is 0.562. The van der Waals surface area contributed by atoms with E-state index in [-0.39, 0.29) is 11.8 Å². The van der Waals surface area contributed by atoms with Gasteiger partial charge in [0.1, 0.15) is 0 Å². The number of ether oxygens (including phenoxy) is 1. The number of hydrogen-bond acceptors (Lipinski definition) is 3. The van der Waals surface area contributed by atoms with Gasteiger partial charge in [0.2, 0.25) is 5.91 Å². The Morgan fingerprint density at radius 1 is 1.30 bits per heavy atom. The van der Waals surface area contributed by atoms with Crippen LogP contribution in [0.2, 0.25) is 0 Å². The van der Waals surface area contributed by atoms with Crippen LogP contribution in [0, 0.1) is 5.92 Å². The lowest BCUT2D eigenvalue weighted by atomic mass is 10.1. The van der Waals surface area contributed by atoms with E-state index in [4.69, 9.17) is 4.74 Å². The van der Waals surface area contributed by atoms with Crippen LogP contribution < -0.4 is 10.2 Å².